The van der Waals surface area contributed by atoms with Crippen molar-refractivity contribution in [3.63, 3.8) is 0 Å². The van der Waals surface area contributed by atoms with E-state index in [1.165, 1.54) is 12.1 Å². The zero-order valence-corrected chi connectivity index (χ0v) is 36.5. The van der Waals surface area contributed by atoms with Crippen LogP contribution in [0.15, 0.2) is 85.1 Å². The Hall–Kier alpha value is -6.50. The first-order valence-corrected chi connectivity index (χ1v) is 22.7. The predicted molar refractivity (Wildman–Crippen MR) is 237 cm³/mol. The molecule has 4 N–H and O–H groups in total. The van der Waals surface area contributed by atoms with Crippen molar-refractivity contribution >= 4 is 58.0 Å². The number of aromatic nitrogens is 2. The van der Waals surface area contributed by atoms with Crippen LogP contribution < -0.4 is 30.6 Å². The topological polar surface area (TPSA) is 201 Å². The van der Waals surface area contributed by atoms with E-state index in [0.29, 0.717) is 71.3 Å². The molecule has 336 valence electrons. The van der Waals surface area contributed by atoms with E-state index in [4.69, 9.17) is 22.1 Å². The second kappa shape index (κ2) is 17.5. The van der Waals surface area contributed by atoms with Crippen molar-refractivity contribution in [2.45, 2.75) is 44.0 Å². The number of hydrogen-bond donors (Lipinski definition) is 3. The van der Waals surface area contributed by atoms with Gasteiger partial charge in [0, 0.05) is 66.1 Å². The first kappa shape index (κ1) is 43.7. The monoisotopic (exact) mass is 925 g/mol. The molecule has 4 aliphatic rings. The van der Waals surface area contributed by atoms with Gasteiger partial charge in [0.15, 0.2) is 23.4 Å². The number of anilines is 2. The molecule has 4 amide bonds. The van der Waals surface area contributed by atoms with Crippen molar-refractivity contribution in [1.82, 2.24) is 25.1 Å². The number of nitrogen functional groups attached to an aromatic ring is 1. The minimum atomic E-state index is -3.77. The Bertz CT molecular complexity index is 2730. The third kappa shape index (κ3) is 9.23. The third-order valence-corrected chi connectivity index (χ3v) is 13.3. The number of halogens is 3. The number of carbonyl (C=O) groups is 4. The first-order chi connectivity index (χ1) is 31.1. The lowest BCUT2D eigenvalue weighted by Gasteiger charge is -2.35. The number of carbonyl (C=O) groups excluding carboxylic acids is 4. The van der Waals surface area contributed by atoms with Crippen molar-refractivity contribution in [3.8, 4) is 39.6 Å². The van der Waals surface area contributed by atoms with Gasteiger partial charge in [-0.3, -0.25) is 19.2 Å². The molecule has 5 heterocycles. The van der Waals surface area contributed by atoms with Crippen LogP contribution in [0.25, 0.3) is 22.4 Å². The van der Waals surface area contributed by atoms with Crippen LogP contribution in [-0.2, 0) is 37.4 Å². The zero-order valence-electron chi connectivity index (χ0n) is 34.9. The number of benzene rings is 3. The number of nitrogens with two attached hydrogens (primary N) is 1. The van der Waals surface area contributed by atoms with Crippen molar-refractivity contribution in [3.05, 3.63) is 112 Å². The van der Waals surface area contributed by atoms with Crippen LogP contribution in [0.4, 0.5) is 20.4 Å². The fourth-order valence-corrected chi connectivity index (χ4v) is 9.48. The number of fused-ring (bicyclic) bond motifs is 2. The quantitative estimate of drug-likeness (QED) is 0.134. The lowest BCUT2D eigenvalue weighted by atomic mass is 9.94. The number of pyridine rings is 2. The van der Waals surface area contributed by atoms with E-state index in [-0.39, 0.29) is 66.2 Å². The minimum absolute atomic E-state index is 0.0515. The van der Waals surface area contributed by atoms with Crippen molar-refractivity contribution in [2.75, 3.05) is 55.3 Å². The molecule has 0 radical (unpaired) electrons. The largest absolute Gasteiger partial charge is 0.616 e. The highest BCUT2D eigenvalue weighted by Gasteiger charge is 2.53. The molecule has 0 bridgehead atoms. The molecule has 1 aliphatic carbocycles. The van der Waals surface area contributed by atoms with Crippen LogP contribution in [0.1, 0.15) is 39.9 Å². The lowest BCUT2D eigenvalue weighted by Crippen LogP contribution is -2.54. The maximum absolute atomic E-state index is 13.6. The van der Waals surface area contributed by atoms with Crippen LogP contribution in [0, 0.1) is 6.92 Å². The highest BCUT2D eigenvalue weighted by atomic mass is 35.5. The number of rotatable bonds is 12. The molecule has 15 nitrogen and oxygen atoms in total. The molecule has 65 heavy (non-hydrogen) atoms. The van der Waals surface area contributed by atoms with Gasteiger partial charge in [0.2, 0.25) is 5.91 Å². The molecule has 5 aromatic rings. The average molecular weight is 926 g/mol. The van der Waals surface area contributed by atoms with Gasteiger partial charge in [-0.15, -0.1) is 8.78 Å². The molecule has 2 fully saturated rings. The summed E-state index contributed by atoms with van der Waals surface area (Å²) in [6.45, 7) is 3.05. The Kier molecular flexibility index (Phi) is 11.8. The smallest absolute Gasteiger partial charge is 0.586 e. The van der Waals surface area contributed by atoms with Gasteiger partial charge >= 0.3 is 6.29 Å². The van der Waals surface area contributed by atoms with Crippen LogP contribution in [0.5, 0.6) is 17.2 Å². The Labute approximate surface area is 379 Å². The van der Waals surface area contributed by atoms with Crippen LogP contribution in [0.2, 0.25) is 5.02 Å². The minimum Gasteiger partial charge on any atom is -0.616 e. The van der Waals surface area contributed by atoms with E-state index < -0.39 is 34.9 Å². The number of nitrogens with zero attached hydrogens (tertiary/aromatic N) is 4. The van der Waals surface area contributed by atoms with Crippen molar-refractivity contribution < 1.29 is 46.7 Å². The van der Waals surface area contributed by atoms with Gasteiger partial charge in [0.1, 0.15) is 23.1 Å². The normalized spacial score (nSPS) is 18.0. The summed E-state index contributed by atoms with van der Waals surface area (Å²) < 4.78 is 55.5. The summed E-state index contributed by atoms with van der Waals surface area (Å²) >= 11 is 4.85. The molecule has 2 aromatic heterocycles. The molecular weight excluding hydrogens is 884 g/mol. The summed E-state index contributed by atoms with van der Waals surface area (Å²) in [7, 11) is 0. The van der Waals surface area contributed by atoms with Crippen LogP contribution in [0.3, 0.4) is 0 Å². The lowest BCUT2D eigenvalue weighted by molar-refractivity contribution is -0.286. The SMILES string of the molecule is Cc1ccc(NC(=O)C2(c3ccc4c(c3)OC(F)(F)O4)CC2)nc1-c1cccc(C(=O)NCC[S+]([O-])CC(=O)N2CCN(C(=O)[C@H]3Cc4cc(Cl)cc(-c5ccnc(N)c5)c4O3)CC2)c1. The zero-order chi connectivity index (χ0) is 45.6. The van der Waals surface area contributed by atoms with E-state index >= 15 is 0 Å². The average Bonchev–Trinajstić information content (AvgIpc) is 3.89. The predicted octanol–water partition coefficient (Wildman–Crippen LogP) is 5.50. The molecule has 2 atom stereocenters. The molecule has 19 heteroatoms. The van der Waals surface area contributed by atoms with E-state index in [1.54, 1.807) is 82.7 Å². The Balaban J connectivity index is 0.736. The molecule has 1 saturated heterocycles. The summed E-state index contributed by atoms with van der Waals surface area (Å²) in [4.78, 5) is 65.5. The van der Waals surface area contributed by atoms with Gasteiger partial charge in [-0.1, -0.05) is 35.9 Å². The molecule has 0 spiro atoms. The van der Waals surface area contributed by atoms with Gasteiger partial charge in [0.05, 0.1) is 17.7 Å². The summed E-state index contributed by atoms with van der Waals surface area (Å²) in [5.74, 6) is -0.468. The Morgan fingerprint density at radius 1 is 0.938 bits per heavy atom. The van der Waals surface area contributed by atoms with E-state index in [9.17, 15) is 32.5 Å². The number of ether oxygens (including phenoxy) is 3. The van der Waals surface area contributed by atoms with Gasteiger partial charge in [-0.2, -0.15) is 0 Å². The maximum Gasteiger partial charge on any atom is 0.586 e. The van der Waals surface area contributed by atoms with Crippen LogP contribution in [-0.4, -0.2) is 105 Å². The summed E-state index contributed by atoms with van der Waals surface area (Å²) in [5, 5.41) is 6.15. The van der Waals surface area contributed by atoms with Crippen molar-refractivity contribution in [2.24, 2.45) is 0 Å². The maximum atomic E-state index is 13.6. The van der Waals surface area contributed by atoms with E-state index in [0.717, 1.165) is 22.3 Å². The molecular formula is C46H42ClF2N7O8S. The van der Waals surface area contributed by atoms with Crippen molar-refractivity contribution in [1.29, 1.82) is 0 Å². The molecule has 1 saturated carbocycles. The number of hydrogen-bond acceptors (Lipinski definition) is 11. The number of piperazine rings is 1. The van der Waals surface area contributed by atoms with Crippen LogP contribution >= 0.6 is 11.6 Å². The highest BCUT2D eigenvalue weighted by Crippen LogP contribution is 2.52. The van der Waals surface area contributed by atoms with Gasteiger partial charge < -0.3 is 44.9 Å². The van der Waals surface area contributed by atoms with E-state index in [1.807, 2.05) is 6.92 Å². The number of amides is 4. The second-order valence-electron chi connectivity index (χ2n) is 16.3. The number of nitrogens with one attached hydrogen (secondary N) is 2. The highest BCUT2D eigenvalue weighted by molar-refractivity contribution is 7.92. The Morgan fingerprint density at radius 2 is 1.71 bits per heavy atom. The fourth-order valence-electron chi connectivity index (χ4n) is 8.31. The summed E-state index contributed by atoms with van der Waals surface area (Å²) in [6.07, 6.45) is -1.56. The fraction of sp³-hybridized carbons (Fsp3) is 0.304. The Morgan fingerprint density at radius 3 is 2.48 bits per heavy atom. The summed E-state index contributed by atoms with van der Waals surface area (Å²) in [5.41, 5.74) is 10.1. The number of aryl methyl sites for hydroxylation is 1. The summed E-state index contributed by atoms with van der Waals surface area (Å²) in [6, 6.07) is 21.7. The van der Waals surface area contributed by atoms with E-state index in [2.05, 4.69) is 30.1 Å². The molecule has 3 aliphatic heterocycles. The molecule has 9 rings (SSSR count). The van der Waals surface area contributed by atoms with Gasteiger partial charge in [-0.05, 0) is 102 Å². The third-order valence-electron chi connectivity index (χ3n) is 11.9. The number of alkyl halides is 2. The molecule has 3 aromatic carbocycles. The standard InChI is InChI=1S/C46H42ClF2N7O8S/c1-26-5-8-38(54-44(60)45(10-11-45)31-6-7-34-35(23-31)64-46(48,49)63-34)53-40(26)28-3-2-4-29(19-28)42(58)52-13-18-65(61)25-39(57)55-14-16-56(17-15-55)43(59)36-21-30-20-32(47)24-33(41(30)62-36)27-9-12-51-37(50)22-27/h2-9,12,19-20,22-24,36H,10-11,13-18,21,25H2,1H3,(H2,50,51)(H,52,58)(H,53,54,60)/t36-,65?/m1/s1. The second-order valence-corrected chi connectivity index (χ2v) is 18.3. The first-order valence-electron chi connectivity index (χ1n) is 20.9. The molecule has 1 unspecified atom stereocenters. The van der Waals surface area contributed by atoms with Gasteiger partial charge in [-0.25, -0.2) is 9.97 Å². The van der Waals surface area contributed by atoms with Gasteiger partial charge in [0.25, 0.3) is 17.7 Å².